The Hall–Kier alpha value is -1.57. The van der Waals surface area contributed by atoms with Crippen LogP contribution >= 0.6 is 0 Å². The minimum absolute atomic E-state index is 0.0104. The molecule has 0 radical (unpaired) electrons. The van der Waals surface area contributed by atoms with Crippen LogP contribution in [0.2, 0.25) is 0 Å². The maximum Gasteiger partial charge on any atom is 0.235 e. The van der Waals surface area contributed by atoms with Gasteiger partial charge in [0.2, 0.25) is 5.91 Å². The first kappa shape index (κ1) is 11.9. The summed E-state index contributed by atoms with van der Waals surface area (Å²) >= 11 is 0. The summed E-state index contributed by atoms with van der Waals surface area (Å²) in [5.41, 5.74) is 1.82. The predicted octanol–water partition coefficient (Wildman–Crippen LogP) is 3.60. The van der Waals surface area contributed by atoms with E-state index in [9.17, 15) is 4.79 Å². The smallest absolute Gasteiger partial charge is 0.235 e. The number of carbonyl (C=O) groups is 1. The highest BCUT2D eigenvalue weighted by atomic mass is 16.2. The summed E-state index contributed by atoms with van der Waals surface area (Å²) in [6.45, 7) is 10.4. The highest BCUT2D eigenvalue weighted by Crippen LogP contribution is 2.40. The van der Waals surface area contributed by atoms with Gasteiger partial charge >= 0.3 is 0 Å². The van der Waals surface area contributed by atoms with Crippen molar-refractivity contribution in [3.8, 4) is 0 Å². The van der Waals surface area contributed by atoms with Crippen LogP contribution in [0.1, 0.15) is 27.2 Å². The first-order chi connectivity index (χ1) is 7.91. The molecule has 1 saturated heterocycles. The quantitative estimate of drug-likeness (QED) is 0.720. The van der Waals surface area contributed by atoms with Crippen molar-refractivity contribution in [2.75, 3.05) is 4.90 Å². The molecule has 2 nitrogen and oxygen atoms in total. The van der Waals surface area contributed by atoms with Gasteiger partial charge in [-0.3, -0.25) is 9.69 Å². The molecule has 1 aliphatic rings. The molecule has 1 atom stereocenters. The maximum atomic E-state index is 12.4. The minimum Gasteiger partial charge on any atom is -0.285 e. The van der Waals surface area contributed by atoms with Crippen LogP contribution in [0, 0.1) is 11.3 Å². The van der Waals surface area contributed by atoms with Crippen molar-refractivity contribution in [1.29, 1.82) is 0 Å². The summed E-state index contributed by atoms with van der Waals surface area (Å²) in [5, 5.41) is 0. The van der Waals surface area contributed by atoms with Crippen molar-refractivity contribution in [2.24, 2.45) is 11.3 Å². The normalized spacial score (nSPS) is 21.1. The second kappa shape index (κ2) is 4.02. The lowest BCUT2D eigenvalue weighted by atomic mass is 9.79. The molecule has 0 bridgehead atoms. The van der Waals surface area contributed by atoms with Crippen LogP contribution in [0.4, 0.5) is 5.69 Å². The molecule has 0 saturated carbocycles. The molecule has 1 aliphatic heterocycles. The number of hydrogen-bond acceptors (Lipinski definition) is 1. The fourth-order valence-corrected chi connectivity index (χ4v) is 2.29. The monoisotopic (exact) mass is 229 g/mol. The number of benzene rings is 1. The first-order valence-corrected chi connectivity index (χ1v) is 5.98. The topological polar surface area (TPSA) is 20.3 Å². The molecule has 1 aromatic carbocycles. The third-order valence-electron chi connectivity index (χ3n) is 3.33. The standard InChI is InChI=1S/C15H19NO/c1-11-10-13(15(2,3)4)14(17)16(11)12-8-6-5-7-9-12/h5-9,13H,1,10H2,2-4H3. The molecule has 0 spiro atoms. The Kier molecular flexibility index (Phi) is 2.82. The van der Waals surface area contributed by atoms with Crippen molar-refractivity contribution < 1.29 is 4.79 Å². The zero-order chi connectivity index (χ0) is 12.6. The van der Waals surface area contributed by atoms with Crippen LogP contribution in [0.25, 0.3) is 0 Å². The number of para-hydroxylation sites is 1. The van der Waals surface area contributed by atoms with E-state index in [4.69, 9.17) is 0 Å². The summed E-state index contributed by atoms with van der Waals surface area (Å²) in [4.78, 5) is 14.2. The largest absolute Gasteiger partial charge is 0.285 e. The third kappa shape index (κ3) is 2.12. The molecule has 2 heteroatoms. The molecule has 17 heavy (non-hydrogen) atoms. The maximum absolute atomic E-state index is 12.4. The lowest BCUT2D eigenvalue weighted by molar-refractivity contribution is -0.123. The van der Waals surface area contributed by atoms with Gasteiger partial charge in [-0.1, -0.05) is 45.5 Å². The van der Waals surface area contributed by atoms with Gasteiger partial charge in [-0.05, 0) is 24.0 Å². The fourth-order valence-electron chi connectivity index (χ4n) is 2.29. The van der Waals surface area contributed by atoms with Gasteiger partial charge in [0, 0.05) is 17.3 Å². The SMILES string of the molecule is C=C1CC(C(C)(C)C)C(=O)N1c1ccccc1. The van der Waals surface area contributed by atoms with Crippen LogP contribution in [-0.2, 0) is 4.79 Å². The Labute approximate surface area is 103 Å². The molecule has 0 aromatic heterocycles. The second-order valence-electron chi connectivity index (χ2n) is 5.70. The summed E-state index contributed by atoms with van der Waals surface area (Å²) < 4.78 is 0. The summed E-state index contributed by atoms with van der Waals surface area (Å²) in [6, 6.07) is 9.75. The Morgan fingerprint density at radius 1 is 1.24 bits per heavy atom. The highest BCUT2D eigenvalue weighted by molar-refractivity contribution is 6.01. The second-order valence-corrected chi connectivity index (χ2v) is 5.70. The number of nitrogens with zero attached hydrogens (tertiary/aromatic N) is 1. The summed E-state index contributed by atoms with van der Waals surface area (Å²) in [6.07, 6.45) is 0.761. The van der Waals surface area contributed by atoms with E-state index in [1.165, 1.54) is 0 Å². The van der Waals surface area contributed by atoms with E-state index in [0.717, 1.165) is 17.8 Å². The number of amides is 1. The van der Waals surface area contributed by atoms with E-state index in [1.807, 2.05) is 30.3 Å². The van der Waals surface area contributed by atoms with Crippen molar-refractivity contribution in [3.63, 3.8) is 0 Å². The van der Waals surface area contributed by atoms with Gasteiger partial charge in [-0.25, -0.2) is 0 Å². The number of hydrogen-bond donors (Lipinski definition) is 0. The Balaban J connectivity index is 2.33. The van der Waals surface area contributed by atoms with Gasteiger partial charge in [-0.2, -0.15) is 0 Å². The molecule has 0 N–H and O–H groups in total. The van der Waals surface area contributed by atoms with E-state index in [0.29, 0.717) is 0 Å². The number of carbonyl (C=O) groups excluding carboxylic acids is 1. The first-order valence-electron chi connectivity index (χ1n) is 5.98. The van der Waals surface area contributed by atoms with Gasteiger partial charge in [-0.15, -0.1) is 0 Å². The van der Waals surface area contributed by atoms with Gasteiger partial charge in [0.15, 0.2) is 0 Å². The van der Waals surface area contributed by atoms with Crippen LogP contribution in [0.5, 0.6) is 0 Å². The van der Waals surface area contributed by atoms with Gasteiger partial charge in [0.25, 0.3) is 0 Å². The molecule has 0 aliphatic carbocycles. The van der Waals surface area contributed by atoms with Gasteiger partial charge in [0.1, 0.15) is 0 Å². The average Bonchev–Trinajstić information content (AvgIpc) is 2.55. The Bertz CT molecular complexity index is 442. The molecular weight excluding hydrogens is 210 g/mol. The predicted molar refractivity (Wildman–Crippen MR) is 70.6 cm³/mol. The molecule has 1 unspecified atom stereocenters. The van der Waals surface area contributed by atoms with Crippen LogP contribution in [-0.4, -0.2) is 5.91 Å². The van der Waals surface area contributed by atoms with Crippen molar-refractivity contribution >= 4 is 11.6 Å². The number of allylic oxidation sites excluding steroid dienone is 1. The van der Waals surface area contributed by atoms with Crippen LogP contribution < -0.4 is 4.90 Å². The van der Waals surface area contributed by atoms with Crippen LogP contribution in [0.15, 0.2) is 42.6 Å². The minimum atomic E-state index is -0.0104. The van der Waals surface area contributed by atoms with E-state index < -0.39 is 0 Å². The van der Waals surface area contributed by atoms with Crippen molar-refractivity contribution in [3.05, 3.63) is 42.6 Å². The summed E-state index contributed by atoms with van der Waals surface area (Å²) in [7, 11) is 0. The van der Waals surface area contributed by atoms with Gasteiger partial charge in [0.05, 0.1) is 0 Å². The molecule has 2 rings (SSSR count). The fraction of sp³-hybridized carbons (Fsp3) is 0.400. The van der Waals surface area contributed by atoms with Crippen molar-refractivity contribution in [2.45, 2.75) is 27.2 Å². The van der Waals surface area contributed by atoms with Crippen LogP contribution in [0.3, 0.4) is 0 Å². The number of anilines is 1. The molecule has 1 amide bonds. The highest BCUT2D eigenvalue weighted by Gasteiger charge is 2.42. The summed E-state index contributed by atoms with van der Waals surface area (Å²) in [5.74, 6) is 0.212. The number of rotatable bonds is 1. The molecule has 1 fully saturated rings. The van der Waals surface area contributed by atoms with E-state index in [2.05, 4.69) is 27.4 Å². The van der Waals surface area contributed by atoms with Gasteiger partial charge < -0.3 is 0 Å². The average molecular weight is 229 g/mol. The molecule has 1 aromatic rings. The molecular formula is C15H19NO. The Morgan fingerprint density at radius 2 is 1.82 bits per heavy atom. The molecule has 90 valence electrons. The third-order valence-corrected chi connectivity index (χ3v) is 3.33. The van der Waals surface area contributed by atoms with E-state index in [1.54, 1.807) is 4.90 Å². The zero-order valence-corrected chi connectivity index (χ0v) is 10.7. The lowest BCUT2D eigenvalue weighted by Crippen LogP contribution is -2.31. The van der Waals surface area contributed by atoms with E-state index >= 15 is 0 Å². The van der Waals surface area contributed by atoms with Crippen molar-refractivity contribution in [1.82, 2.24) is 0 Å². The lowest BCUT2D eigenvalue weighted by Gasteiger charge is -2.25. The Morgan fingerprint density at radius 3 is 2.29 bits per heavy atom. The molecule has 1 heterocycles. The van der Waals surface area contributed by atoms with E-state index in [-0.39, 0.29) is 17.2 Å². The zero-order valence-electron chi connectivity index (χ0n) is 10.7.